The minimum absolute atomic E-state index is 0.0995. The van der Waals surface area contributed by atoms with Crippen molar-refractivity contribution in [2.45, 2.75) is 6.10 Å². The van der Waals surface area contributed by atoms with Crippen molar-refractivity contribution in [2.75, 3.05) is 26.1 Å². The second-order valence-corrected chi connectivity index (χ2v) is 4.26. The molecule has 2 heterocycles. The zero-order valence-electron chi connectivity index (χ0n) is 10.5. The first kappa shape index (κ1) is 11.9. The molecular weight excluding hydrogens is 248 g/mol. The van der Waals surface area contributed by atoms with E-state index in [1.807, 2.05) is 18.2 Å². The summed E-state index contributed by atoms with van der Waals surface area (Å²) in [5.41, 5.74) is 7.03. The average Bonchev–Trinajstić information content (AvgIpc) is 2.80. The summed E-state index contributed by atoms with van der Waals surface area (Å²) in [6, 6.07) is 7.23. The van der Waals surface area contributed by atoms with Crippen LogP contribution in [-0.2, 0) is 4.74 Å². The van der Waals surface area contributed by atoms with Gasteiger partial charge in [0.15, 0.2) is 11.5 Å². The Morgan fingerprint density at radius 1 is 1.26 bits per heavy atom. The van der Waals surface area contributed by atoms with Crippen molar-refractivity contribution in [3.8, 4) is 22.8 Å². The van der Waals surface area contributed by atoms with E-state index in [-0.39, 0.29) is 12.0 Å². The van der Waals surface area contributed by atoms with E-state index in [9.17, 15) is 0 Å². The first-order chi connectivity index (χ1) is 9.26. The highest BCUT2D eigenvalue weighted by Crippen LogP contribution is 2.33. The summed E-state index contributed by atoms with van der Waals surface area (Å²) in [4.78, 5) is 0. The van der Waals surface area contributed by atoms with E-state index in [0.29, 0.717) is 30.4 Å². The highest BCUT2D eigenvalue weighted by atomic mass is 16.6. The molecule has 3 rings (SSSR count). The third-order valence-electron chi connectivity index (χ3n) is 2.89. The number of nitrogens with zero attached hydrogens (tertiary/aromatic N) is 1. The van der Waals surface area contributed by atoms with Crippen molar-refractivity contribution >= 4 is 5.88 Å². The van der Waals surface area contributed by atoms with Gasteiger partial charge in [-0.1, -0.05) is 5.16 Å². The zero-order valence-corrected chi connectivity index (χ0v) is 10.5. The monoisotopic (exact) mass is 262 g/mol. The molecule has 2 aromatic rings. The van der Waals surface area contributed by atoms with Crippen LogP contribution in [-0.4, -0.2) is 31.6 Å². The van der Waals surface area contributed by atoms with Gasteiger partial charge >= 0.3 is 0 Å². The number of rotatable bonds is 4. The van der Waals surface area contributed by atoms with Gasteiger partial charge in [0.25, 0.3) is 0 Å². The second kappa shape index (κ2) is 4.81. The summed E-state index contributed by atoms with van der Waals surface area (Å²) >= 11 is 0. The Morgan fingerprint density at radius 2 is 2.11 bits per heavy atom. The number of hydrogen-bond acceptors (Lipinski definition) is 6. The van der Waals surface area contributed by atoms with Crippen LogP contribution >= 0.6 is 0 Å². The first-order valence-electron chi connectivity index (χ1n) is 5.91. The number of methoxy groups -OCH3 is 1. The van der Waals surface area contributed by atoms with Crippen LogP contribution in [0.1, 0.15) is 0 Å². The number of ether oxygens (including phenoxy) is 3. The summed E-state index contributed by atoms with van der Waals surface area (Å²) in [6.45, 7) is 1.23. The van der Waals surface area contributed by atoms with Crippen molar-refractivity contribution in [1.29, 1.82) is 0 Å². The fourth-order valence-electron chi connectivity index (χ4n) is 1.81. The fourth-order valence-corrected chi connectivity index (χ4v) is 1.81. The molecule has 1 saturated heterocycles. The lowest BCUT2D eigenvalue weighted by atomic mass is 10.1. The molecule has 6 heteroatoms. The summed E-state index contributed by atoms with van der Waals surface area (Å²) in [6.07, 6.45) is 0.0995. The smallest absolute Gasteiger partial charge is 0.222 e. The summed E-state index contributed by atoms with van der Waals surface area (Å²) in [5.74, 6) is 1.61. The van der Waals surface area contributed by atoms with E-state index in [0.717, 1.165) is 5.56 Å². The van der Waals surface area contributed by atoms with E-state index in [4.69, 9.17) is 24.5 Å². The van der Waals surface area contributed by atoms with Gasteiger partial charge in [-0.25, -0.2) is 0 Å². The number of nitrogen functional groups attached to an aromatic ring is 1. The number of nitrogens with two attached hydrogens (primary N) is 1. The maximum absolute atomic E-state index is 5.75. The van der Waals surface area contributed by atoms with Crippen molar-refractivity contribution in [2.24, 2.45) is 0 Å². The van der Waals surface area contributed by atoms with Gasteiger partial charge in [0.1, 0.15) is 11.8 Å². The van der Waals surface area contributed by atoms with Crippen LogP contribution in [0.2, 0.25) is 0 Å². The van der Waals surface area contributed by atoms with Crippen molar-refractivity contribution in [3.05, 3.63) is 24.3 Å². The van der Waals surface area contributed by atoms with E-state index >= 15 is 0 Å². The van der Waals surface area contributed by atoms with Crippen molar-refractivity contribution in [1.82, 2.24) is 5.16 Å². The largest absolute Gasteiger partial charge is 0.493 e. The number of anilines is 1. The molecular formula is C13H14N2O4. The Labute approximate surface area is 110 Å². The van der Waals surface area contributed by atoms with Gasteiger partial charge in [-0.2, -0.15) is 0 Å². The summed E-state index contributed by atoms with van der Waals surface area (Å²) < 4.78 is 21.0. The van der Waals surface area contributed by atoms with Gasteiger partial charge < -0.3 is 24.5 Å². The lowest BCUT2D eigenvalue weighted by Crippen LogP contribution is -2.38. The second-order valence-electron chi connectivity index (χ2n) is 4.26. The summed E-state index contributed by atoms with van der Waals surface area (Å²) in [5, 5.41) is 3.86. The SMILES string of the molecule is COc1cc(-c2cc(N)on2)ccc1OC1COC1. The topological polar surface area (TPSA) is 79.7 Å². The Balaban J connectivity index is 1.87. The number of aromatic nitrogens is 1. The molecule has 0 radical (unpaired) electrons. The van der Waals surface area contributed by atoms with Crippen molar-refractivity contribution in [3.63, 3.8) is 0 Å². The lowest BCUT2D eigenvalue weighted by molar-refractivity contribution is -0.0803. The Kier molecular flexibility index (Phi) is 3.00. The molecule has 0 unspecified atom stereocenters. The lowest BCUT2D eigenvalue weighted by Gasteiger charge is -2.27. The van der Waals surface area contributed by atoms with Crippen LogP contribution in [0, 0.1) is 0 Å². The third-order valence-corrected chi connectivity index (χ3v) is 2.89. The van der Waals surface area contributed by atoms with Crippen LogP contribution in [0.5, 0.6) is 11.5 Å². The minimum atomic E-state index is 0.0995. The Bertz CT molecular complexity index is 578. The van der Waals surface area contributed by atoms with Gasteiger partial charge in [-0.3, -0.25) is 0 Å². The minimum Gasteiger partial charge on any atom is -0.493 e. The molecule has 1 aromatic heterocycles. The van der Waals surface area contributed by atoms with Gasteiger partial charge in [0.2, 0.25) is 5.88 Å². The molecule has 1 fully saturated rings. The normalized spacial score (nSPS) is 15.0. The Hall–Kier alpha value is -2.21. The number of benzene rings is 1. The maximum atomic E-state index is 5.75. The molecule has 100 valence electrons. The van der Waals surface area contributed by atoms with Gasteiger partial charge in [0, 0.05) is 11.6 Å². The van der Waals surface area contributed by atoms with Gasteiger partial charge in [-0.15, -0.1) is 0 Å². The molecule has 0 atom stereocenters. The molecule has 0 aliphatic carbocycles. The fraction of sp³-hybridized carbons (Fsp3) is 0.308. The standard InChI is InChI=1S/C13H14N2O4/c1-16-12-4-8(10-5-13(14)19-15-10)2-3-11(12)18-9-6-17-7-9/h2-5,9H,6-7,14H2,1H3. The highest BCUT2D eigenvalue weighted by Gasteiger charge is 2.22. The third kappa shape index (κ3) is 2.34. The predicted octanol–water partition coefficient (Wildman–Crippen LogP) is 1.71. The maximum Gasteiger partial charge on any atom is 0.222 e. The molecule has 1 aliphatic heterocycles. The first-order valence-corrected chi connectivity index (χ1v) is 5.91. The average molecular weight is 262 g/mol. The molecule has 0 bridgehead atoms. The molecule has 1 aromatic carbocycles. The van der Waals surface area contributed by atoms with Crippen molar-refractivity contribution < 1.29 is 18.7 Å². The molecule has 0 spiro atoms. The van der Waals surface area contributed by atoms with E-state index in [1.54, 1.807) is 13.2 Å². The van der Waals surface area contributed by atoms with Crippen LogP contribution in [0.4, 0.5) is 5.88 Å². The molecule has 6 nitrogen and oxygen atoms in total. The van der Waals surface area contributed by atoms with Crippen LogP contribution < -0.4 is 15.2 Å². The van der Waals surface area contributed by atoms with Gasteiger partial charge in [-0.05, 0) is 18.2 Å². The van der Waals surface area contributed by atoms with Crippen LogP contribution in [0.3, 0.4) is 0 Å². The Morgan fingerprint density at radius 3 is 2.68 bits per heavy atom. The van der Waals surface area contributed by atoms with E-state index < -0.39 is 0 Å². The summed E-state index contributed by atoms with van der Waals surface area (Å²) in [7, 11) is 1.60. The molecule has 0 saturated carbocycles. The van der Waals surface area contributed by atoms with Crippen LogP contribution in [0.25, 0.3) is 11.3 Å². The molecule has 2 N–H and O–H groups in total. The van der Waals surface area contributed by atoms with E-state index in [1.165, 1.54) is 0 Å². The van der Waals surface area contributed by atoms with Gasteiger partial charge in [0.05, 0.1) is 20.3 Å². The van der Waals surface area contributed by atoms with Crippen LogP contribution in [0.15, 0.2) is 28.8 Å². The predicted molar refractivity (Wildman–Crippen MR) is 68.1 cm³/mol. The van der Waals surface area contributed by atoms with E-state index in [2.05, 4.69) is 5.16 Å². The molecule has 0 amide bonds. The highest BCUT2D eigenvalue weighted by molar-refractivity contribution is 5.65. The molecule has 1 aliphatic rings. The zero-order chi connectivity index (χ0) is 13.2. The number of hydrogen-bond donors (Lipinski definition) is 1. The quantitative estimate of drug-likeness (QED) is 0.903. The molecule has 19 heavy (non-hydrogen) atoms.